The molecule has 0 aromatic rings. The van der Waals surface area contributed by atoms with Crippen molar-refractivity contribution >= 4 is 17.8 Å². The SMILES string of the molecule is C=C.C=C/C(=C\C)CNC(=O)/C=C/C(=O)N(CC(=O)O)C(C)C. The number of hydrogen-bond donors (Lipinski definition) is 2. The van der Waals surface area contributed by atoms with Crippen molar-refractivity contribution in [2.45, 2.75) is 26.8 Å². The third kappa shape index (κ3) is 10.7. The first-order valence-electron chi connectivity index (χ1n) is 7.07. The second-order valence-corrected chi connectivity index (χ2v) is 4.57. The predicted octanol–water partition coefficient (Wildman–Crippen LogP) is 1.91. The minimum atomic E-state index is -1.10. The molecule has 0 spiro atoms. The van der Waals surface area contributed by atoms with E-state index in [-0.39, 0.29) is 6.04 Å². The maximum Gasteiger partial charge on any atom is 0.323 e. The van der Waals surface area contributed by atoms with Gasteiger partial charge in [-0.15, -0.1) is 13.2 Å². The summed E-state index contributed by atoms with van der Waals surface area (Å²) >= 11 is 0. The van der Waals surface area contributed by atoms with Crippen molar-refractivity contribution < 1.29 is 19.5 Å². The van der Waals surface area contributed by atoms with E-state index in [2.05, 4.69) is 25.1 Å². The molecule has 0 heterocycles. The zero-order chi connectivity index (χ0) is 18.4. The Labute approximate surface area is 137 Å². The van der Waals surface area contributed by atoms with E-state index in [1.165, 1.54) is 0 Å². The van der Waals surface area contributed by atoms with E-state index < -0.39 is 24.3 Å². The average Bonchev–Trinajstić information content (AvgIpc) is 2.52. The Morgan fingerprint density at radius 1 is 1.22 bits per heavy atom. The normalized spacial score (nSPS) is 10.7. The van der Waals surface area contributed by atoms with Gasteiger partial charge < -0.3 is 15.3 Å². The van der Waals surface area contributed by atoms with Crippen LogP contribution in [0.1, 0.15) is 20.8 Å². The molecule has 0 radical (unpaired) electrons. The van der Waals surface area contributed by atoms with Crippen molar-refractivity contribution in [3.8, 4) is 0 Å². The smallest absolute Gasteiger partial charge is 0.323 e. The Morgan fingerprint density at radius 2 is 1.78 bits per heavy atom. The van der Waals surface area contributed by atoms with Gasteiger partial charge in [-0.25, -0.2) is 0 Å². The van der Waals surface area contributed by atoms with Gasteiger partial charge in [-0.2, -0.15) is 0 Å². The van der Waals surface area contributed by atoms with Crippen LogP contribution in [0.15, 0.2) is 49.6 Å². The number of nitrogens with one attached hydrogen (secondary N) is 1. The third-order valence-corrected chi connectivity index (χ3v) is 2.69. The fourth-order valence-corrected chi connectivity index (χ4v) is 1.44. The molecule has 0 fully saturated rings. The second kappa shape index (κ2) is 13.1. The Kier molecular flexibility index (Phi) is 12.9. The molecule has 0 aliphatic rings. The van der Waals surface area contributed by atoms with Crippen LogP contribution in [0.5, 0.6) is 0 Å². The van der Waals surface area contributed by atoms with E-state index in [1.807, 2.05) is 13.0 Å². The molecule has 2 N–H and O–H groups in total. The van der Waals surface area contributed by atoms with Crippen LogP contribution in [0.2, 0.25) is 0 Å². The summed E-state index contributed by atoms with van der Waals surface area (Å²) < 4.78 is 0. The maximum atomic E-state index is 11.8. The Bertz CT molecular complexity index is 479. The van der Waals surface area contributed by atoms with Crippen LogP contribution < -0.4 is 5.32 Å². The standard InChI is InChI=1S/C15H22N2O4.C2H4/c1-5-12(6-2)9-16-13(18)7-8-14(19)17(11(3)4)10-15(20)21;1-2/h5-8,11H,1,9-10H2,2-4H3,(H,16,18)(H,20,21);1-2H2/b8-7+,12-6+;. The average molecular weight is 322 g/mol. The quantitative estimate of drug-likeness (QED) is 0.406. The number of nitrogens with zero attached hydrogens (tertiary/aromatic N) is 1. The Morgan fingerprint density at radius 3 is 2.17 bits per heavy atom. The van der Waals surface area contributed by atoms with Crippen LogP contribution in [0.25, 0.3) is 0 Å². The van der Waals surface area contributed by atoms with Gasteiger partial charge in [0.25, 0.3) is 0 Å². The molecule has 0 saturated heterocycles. The van der Waals surface area contributed by atoms with Crippen molar-refractivity contribution in [2.75, 3.05) is 13.1 Å². The summed E-state index contributed by atoms with van der Waals surface area (Å²) in [5.41, 5.74) is 0.859. The lowest BCUT2D eigenvalue weighted by Crippen LogP contribution is -2.39. The molecule has 0 aliphatic carbocycles. The first kappa shape index (κ1) is 22.6. The number of hydrogen-bond acceptors (Lipinski definition) is 3. The number of carbonyl (C=O) groups is 3. The molecule has 128 valence electrons. The summed E-state index contributed by atoms with van der Waals surface area (Å²) in [6.07, 6.45) is 5.61. The van der Waals surface area contributed by atoms with Crippen LogP contribution in [0, 0.1) is 0 Å². The van der Waals surface area contributed by atoms with E-state index in [0.29, 0.717) is 6.54 Å². The number of carboxylic acids is 1. The minimum Gasteiger partial charge on any atom is -0.480 e. The van der Waals surface area contributed by atoms with E-state index in [4.69, 9.17) is 5.11 Å². The molecule has 0 unspecified atom stereocenters. The van der Waals surface area contributed by atoms with Gasteiger partial charge in [0, 0.05) is 24.7 Å². The van der Waals surface area contributed by atoms with Crippen LogP contribution in [-0.2, 0) is 14.4 Å². The van der Waals surface area contributed by atoms with Gasteiger partial charge in [0.05, 0.1) is 0 Å². The number of amides is 2. The number of allylic oxidation sites excluding steroid dienone is 1. The van der Waals surface area contributed by atoms with Gasteiger partial charge in [0.1, 0.15) is 6.54 Å². The highest BCUT2D eigenvalue weighted by Gasteiger charge is 2.17. The minimum absolute atomic E-state index is 0.267. The van der Waals surface area contributed by atoms with Crippen LogP contribution in [-0.4, -0.2) is 46.9 Å². The van der Waals surface area contributed by atoms with Gasteiger partial charge in [-0.05, 0) is 26.3 Å². The molecule has 0 atom stereocenters. The summed E-state index contributed by atoms with van der Waals surface area (Å²) in [5.74, 6) is -2.04. The summed E-state index contributed by atoms with van der Waals surface area (Å²) in [6, 6.07) is -0.267. The fraction of sp³-hybridized carbons (Fsp3) is 0.353. The molecule has 23 heavy (non-hydrogen) atoms. The first-order valence-corrected chi connectivity index (χ1v) is 7.07. The molecule has 0 rings (SSSR count). The van der Waals surface area contributed by atoms with E-state index in [1.54, 1.807) is 19.9 Å². The van der Waals surface area contributed by atoms with Crippen molar-refractivity contribution in [1.29, 1.82) is 0 Å². The van der Waals surface area contributed by atoms with Crippen molar-refractivity contribution in [3.63, 3.8) is 0 Å². The van der Waals surface area contributed by atoms with E-state index in [0.717, 1.165) is 22.6 Å². The zero-order valence-electron chi connectivity index (χ0n) is 14.0. The molecule has 0 aromatic carbocycles. The topological polar surface area (TPSA) is 86.7 Å². The lowest BCUT2D eigenvalue weighted by molar-refractivity contribution is -0.143. The molecule has 6 nitrogen and oxygen atoms in total. The largest absolute Gasteiger partial charge is 0.480 e. The second-order valence-electron chi connectivity index (χ2n) is 4.57. The highest BCUT2D eigenvalue weighted by atomic mass is 16.4. The monoisotopic (exact) mass is 322 g/mol. The Balaban J connectivity index is 0. The van der Waals surface area contributed by atoms with Gasteiger partial charge in [-0.1, -0.05) is 18.7 Å². The van der Waals surface area contributed by atoms with Crippen molar-refractivity contribution in [2.24, 2.45) is 0 Å². The molecule has 0 aromatic heterocycles. The zero-order valence-corrected chi connectivity index (χ0v) is 14.0. The molecule has 2 amide bonds. The lowest BCUT2D eigenvalue weighted by Gasteiger charge is -2.23. The fourth-order valence-electron chi connectivity index (χ4n) is 1.44. The molecular weight excluding hydrogens is 296 g/mol. The lowest BCUT2D eigenvalue weighted by atomic mass is 10.2. The molecule has 0 saturated carbocycles. The van der Waals surface area contributed by atoms with Crippen molar-refractivity contribution in [3.05, 3.63) is 49.6 Å². The summed E-state index contributed by atoms with van der Waals surface area (Å²) in [6.45, 7) is 14.8. The number of carboxylic acid groups (broad SMARTS) is 1. The summed E-state index contributed by atoms with van der Waals surface area (Å²) in [5, 5.41) is 11.3. The third-order valence-electron chi connectivity index (χ3n) is 2.69. The van der Waals surface area contributed by atoms with Crippen LogP contribution in [0.4, 0.5) is 0 Å². The highest BCUT2D eigenvalue weighted by Crippen LogP contribution is 2.00. The molecule has 6 heteroatoms. The first-order chi connectivity index (χ1) is 10.8. The van der Waals surface area contributed by atoms with E-state index in [9.17, 15) is 14.4 Å². The number of carbonyl (C=O) groups excluding carboxylic acids is 2. The summed E-state index contributed by atoms with van der Waals surface area (Å²) in [7, 11) is 0. The summed E-state index contributed by atoms with van der Waals surface area (Å²) in [4.78, 5) is 35.2. The van der Waals surface area contributed by atoms with Crippen molar-refractivity contribution in [1.82, 2.24) is 10.2 Å². The number of rotatable bonds is 8. The van der Waals surface area contributed by atoms with Crippen LogP contribution >= 0.6 is 0 Å². The maximum absolute atomic E-state index is 11.8. The molecule has 0 aliphatic heterocycles. The number of aliphatic carboxylic acids is 1. The van der Waals surface area contributed by atoms with E-state index >= 15 is 0 Å². The molecular formula is C17H26N2O4. The highest BCUT2D eigenvalue weighted by molar-refractivity contribution is 5.97. The predicted molar refractivity (Wildman–Crippen MR) is 91.8 cm³/mol. The van der Waals surface area contributed by atoms with Gasteiger partial charge in [0.2, 0.25) is 11.8 Å². The van der Waals surface area contributed by atoms with Gasteiger partial charge >= 0.3 is 5.97 Å². The van der Waals surface area contributed by atoms with Gasteiger partial charge in [-0.3, -0.25) is 14.4 Å². The van der Waals surface area contributed by atoms with Gasteiger partial charge in [0.15, 0.2) is 0 Å². The van der Waals surface area contributed by atoms with Crippen LogP contribution in [0.3, 0.4) is 0 Å². The molecule has 0 bridgehead atoms. The Hall–Kier alpha value is -2.63.